The standard InChI is InChI=1S/C47H28N2S2/c1-3-11-29(12-4-1)32-21-25-41-38(27-32)39-28-37(30-13-5-2-6-14-30)34-15-7-8-16-35(34)45(39)49(41)33-22-19-31(20-23-33)47-48-40-24-26-43-44(46(40)51-47)36-17-9-10-18-42(36)50-43/h1-28H. The Bertz CT molecular complexity index is 3110. The van der Waals surface area contributed by atoms with Crippen molar-refractivity contribution in [1.82, 2.24) is 9.55 Å². The van der Waals surface area contributed by atoms with E-state index in [0.717, 1.165) is 21.8 Å². The van der Waals surface area contributed by atoms with E-state index in [9.17, 15) is 0 Å². The number of thiophene rings is 1. The molecule has 0 aliphatic carbocycles. The van der Waals surface area contributed by atoms with Gasteiger partial charge in [0.05, 0.1) is 21.3 Å². The first-order chi connectivity index (χ1) is 25.3. The molecule has 2 nitrogen and oxygen atoms in total. The van der Waals surface area contributed by atoms with E-state index in [1.807, 2.05) is 11.3 Å². The summed E-state index contributed by atoms with van der Waals surface area (Å²) >= 11 is 3.66. The second-order valence-electron chi connectivity index (χ2n) is 13.1. The predicted octanol–water partition coefficient (Wildman–Crippen LogP) is 13.9. The highest BCUT2D eigenvalue weighted by atomic mass is 32.1. The average Bonchev–Trinajstić information content (AvgIpc) is 3.90. The number of thiazole rings is 1. The van der Waals surface area contributed by atoms with Gasteiger partial charge in [0.1, 0.15) is 5.01 Å². The lowest BCUT2D eigenvalue weighted by Gasteiger charge is -2.13. The van der Waals surface area contributed by atoms with Crippen LogP contribution in [0.5, 0.6) is 0 Å². The second-order valence-corrected chi connectivity index (χ2v) is 15.2. The third kappa shape index (κ3) is 4.44. The highest BCUT2D eigenvalue weighted by molar-refractivity contribution is 7.28. The molecule has 51 heavy (non-hydrogen) atoms. The minimum Gasteiger partial charge on any atom is -0.309 e. The molecule has 0 saturated carbocycles. The fourth-order valence-corrected chi connectivity index (χ4v) is 10.2. The Morgan fingerprint density at radius 3 is 1.92 bits per heavy atom. The molecule has 3 aromatic heterocycles. The van der Waals surface area contributed by atoms with Gasteiger partial charge >= 0.3 is 0 Å². The maximum absolute atomic E-state index is 5.15. The summed E-state index contributed by atoms with van der Waals surface area (Å²) in [5, 5.41) is 8.69. The minimum absolute atomic E-state index is 1.05. The van der Waals surface area contributed by atoms with Crippen molar-refractivity contribution in [2.75, 3.05) is 0 Å². The van der Waals surface area contributed by atoms with Crippen molar-refractivity contribution >= 4 is 85.6 Å². The van der Waals surface area contributed by atoms with Crippen LogP contribution in [0.1, 0.15) is 0 Å². The zero-order chi connectivity index (χ0) is 33.5. The number of benzene rings is 8. The summed E-state index contributed by atoms with van der Waals surface area (Å²) in [6.07, 6.45) is 0. The lowest BCUT2D eigenvalue weighted by atomic mass is 9.94. The average molecular weight is 685 g/mol. The van der Waals surface area contributed by atoms with Crippen molar-refractivity contribution in [2.45, 2.75) is 0 Å². The maximum atomic E-state index is 5.15. The summed E-state index contributed by atoms with van der Waals surface area (Å²) in [7, 11) is 0. The first-order valence-electron chi connectivity index (χ1n) is 17.2. The maximum Gasteiger partial charge on any atom is 0.124 e. The highest BCUT2D eigenvalue weighted by Gasteiger charge is 2.19. The monoisotopic (exact) mass is 684 g/mol. The molecule has 0 atom stereocenters. The Kier molecular flexibility index (Phi) is 6.32. The van der Waals surface area contributed by atoms with Gasteiger partial charge in [-0.05, 0) is 88.3 Å². The van der Waals surface area contributed by atoms with Crippen molar-refractivity contribution in [3.05, 3.63) is 170 Å². The van der Waals surface area contributed by atoms with Gasteiger partial charge in [0.2, 0.25) is 0 Å². The van der Waals surface area contributed by atoms with Gasteiger partial charge in [-0.1, -0.05) is 109 Å². The minimum atomic E-state index is 1.05. The Hall–Kier alpha value is -6.07. The number of aromatic nitrogens is 2. The number of nitrogens with zero attached hydrogens (tertiary/aromatic N) is 2. The van der Waals surface area contributed by atoms with E-state index < -0.39 is 0 Å². The molecule has 0 amide bonds. The second kappa shape index (κ2) is 11.2. The SMILES string of the molecule is c1ccc(-c2ccc3c(c2)c2cc(-c4ccccc4)c4ccccc4c2n3-c2ccc(-c3nc4ccc5sc6ccccc6c5c4s3)cc2)cc1. The zero-order valence-electron chi connectivity index (χ0n) is 27.4. The first-order valence-corrected chi connectivity index (χ1v) is 18.8. The molecule has 8 aromatic carbocycles. The molecular weight excluding hydrogens is 657 g/mol. The fourth-order valence-electron chi connectivity index (χ4n) is 7.88. The van der Waals surface area contributed by atoms with Crippen LogP contribution in [0.4, 0.5) is 0 Å². The Morgan fingerprint density at radius 1 is 0.431 bits per heavy atom. The summed E-state index contributed by atoms with van der Waals surface area (Å²) in [5.74, 6) is 0. The van der Waals surface area contributed by atoms with Crippen LogP contribution in [0.3, 0.4) is 0 Å². The van der Waals surface area contributed by atoms with Crippen LogP contribution in [0, 0.1) is 0 Å². The van der Waals surface area contributed by atoms with Gasteiger partial charge < -0.3 is 4.57 Å². The molecule has 4 heteroatoms. The van der Waals surface area contributed by atoms with Crippen LogP contribution in [-0.2, 0) is 0 Å². The third-order valence-corrected chi connectivity index (χ3v) is 12.5. The van der Waals surface area contributed by atoms with E-state index in [0.29, 0.717) is 0 Å². The van der Waals surface area contributed by atoms with Crippen LogP contribution in [0.25, 0.3) is 101 Å². The van der Waals surface area contributed by atoms with Crippen LogP contribution in [-0.4, -0.2) is 9.55 Å². The molecule has 0 N–H and O–H groups in total. The Morgan fingerprint density at radius 2 is 1.12 bits per heavy atom. The number of hydrogen-bond acceptors (Lipinski definition) is 3. The van der Waals surface area contributed by atoms with Crippen LogP contribution >= 0.6 is 22.7 Å². The van der Waals surface area contributed by atoms with Gasteiger partial charge in [0.15, 0.2) is 0 Å². The molecule has 0 fully saturated rings. The number of fused-ring (bicyclic) bond motifs is 10. The lowest BCUT2D eigenvalue weighted by Crippen LogP contribution is -1.95. The molecule has 238 valence electrons. The topological polar surface area (TPSA) is 17.8 Å². The van der Waals surface area contributed by atoms with E-state index in [2.05, 4.69) is 174 Å². The van der Waals surface area contributed by atoms with E-state index in [-0.39, 0.29) is 0 Å². The van der Waals surface area contributed by atoms with E-state index >= 15 is 0 Å². The van der Waals surface area contributed by atoms with Gasteiger partial charge in [-0.2, -0.15) is 0 Å². The zero-order valence-corrected chi connectivity index (χ0v) is 29.0. The molecule has 0 aliphatic heterocycles. The van der Waals surface area contributed by atoms with Gasteiger partial charge in [-0.3, -0.25) is 0 Å². The summed E-state index contributed by atoms with van der Waals surface area (Å²) in [6, 6.07) is 61.8. The predicted molar refractivity (Wildman–Crippen MR) is 221 cm³/mol. The van der Waals surface area contributed by atoms with E-state index in [1.54, 1.807) is 11.3 Å². The molecule has 0 radical (unpaired) electrons. The molecule has 0 saturated heterocycles. The molecule has 11 rings (SSSR count). The summed E-state index contributed by atoms with van der Waals surface area (Å²) in [6.45, 7) is 0. The van der Waals surface area contributed by atoms with Crippen LogP contribution in [0.15, 0.2) is 170 Å². The molecule has 0 unspecified atom stereocenters. The smallest absolute Gasteiger partial charge is 0.124 e. The van der Waals surface area contributed by atoms with Gasteiger partial charge in [0.25, 0.3) is 0 Å². The third-order valence-electron chi connectivity index (χ3n) is 10.2. The van der Waals surface area contributed by atoms with Gasteiger partial charge in [-0.15, -0.1) is 22.7 Å². The fraction of sp³-hybridized carbons (Fsp3) is 0. The van der Waals surface area contributed by atoms with Crippen molar-refractivity contribution in [3.63, 3.8) is 0 Å². The quantitative estimate of drug-likeness (QED) is 0.180. The van der Waals surface area contributed by atoms with Gasteiger partial charge in [-0.25, -0.2) is 4.98 Å². The van der Waals surface area contributed by atoms with E-state index in [1.165, 1.54) is 79.7 Å². The Labute approximate surface area is 302 Å². The summed E-state index contributed by atoms with van der Waals surface area (Å²) in [4.78, 5) is 5.15. The summed E-state index contributed by atoms with van der Waals surface area (Å²) < 4.78 is 6.37. The Balaban J connectivity index is 1.13. The van der Waals surface area contributed by atoms with Crippen LogP contribution < -0.4 is 0 Å². The summed E-state index contributed by atoms with van der Waals surface area (Å²) in [5.41, 5.74) is 10.7. The number of rotatable bonds is 4. The number of hydrogen-bond donors (Lipinski definition) is 0. The normalized spacial score (nSPS) is 11.9. The molecular formula is C47H28N2S2. The van der Waals surface area contributed by atoms with E-state index in [4.69, 9.17) is 4.98 Å². The van der Waals surface area contributed by atoms with Crippen molar-refractivity contribution in [1.29, 1.82) is 0 Å². The largest absolute Gasteiger partial charge is 0.309 e. The molecule has 0 spiro atoms. The van der Waals surface area contributed by atoms with Crippen LogP contribution in [0.2, 0.25) is 0 Å². The highest BCUT2D eigenvalue weighted by Crippen LogP contribution is 2.44. The molecule has 11 aromatic rings. The van der Waals surface area contributed by atoms with Crippen molar-refractivity contribution in [2.24, 2.45) is 0 Å². The lowest BCUT2D eigenvalue weighted by molar-refractivity contribution is 1.19. The molecule has 3 heterocycles. The molecule has 0 aliphatic rings. The van der Waals surface area contributed by atoms with Crippen molar-refractivity contribution < 1.29 is 0 Å². The first kappa shape index (κ1) is 28.7. The molecule has 0 bridgehead atoms. The van der Waals surface area contributed by atoms with Gasteiger partial charge in [0, 0.05) is 47.6 Å². The van der Waals surface area contributed by atoms with Crippen molar-refractivity contribution in [3.8, 4) is 38.5 Å².